The SMILES string of the molecule is O=C(Oc1ccccc1)c1cc2ccccc2cc1OCCBr. The molecular formula is C19H15BrO3. The topological polar surface area (TPSA) is 35.5 Å². The molecule has 0 aliphatic carbocycles. The molecule has 0 aliphatic rings. The molecular weight excluding hydrogens is 356 g/mol. The van der Waals surface area contributed by atoms with Gasteiger partial charge < -0.3 is 9.47 Å². The second-order valence-electron chi connectivity index (χ2n) is 4.94. The molecule has 0 N–H and O–H groups in total. The van der Waals surface area contributed by atoms with Gasteiger partial charge >= 0.3 is 5.97 Å². The predicted octanol–water partition coefficient (Wildman–Crippen LogP) is 4.83. The average molecular weight is 371 g/mol. The molecule has 0 aromatic heterocycles. The number of alkyl halides is 1. The number of hydrogen-bond acceptors (Lipinski definition) is 3. The Labute approximate surface area is 143 Å². The van der Waals surface area contributed by atoms with Crippen LogP contribution < -0.4 is 9.47 Å². The maximum Gasteiger partial charge on any atom is 0.347 e. The van der Waals surface area contributed by atoms with Gasteiger partial charge in [0.25, 0.3) is 0 Å². The fourth-order valence-electron chi connectivity index (χ4n) is 2.30. The lowest BCUT2D eigenvalue weighted by Crippen LogP contribution is -2.11. The summed E-state index contributed by atoms with van der Waals surface area (Å²) in [5.74, 6) is 0.618. The van der Waals surface area contributed by atoms with Gasteiger partial charge in [0.15, 0.2) is 0 Å². The van der Waals surface area contributed by atoms with Gasteiger partial charge in [-0.2, -0.15) is 0 Å². The number of para-hydroxylation sites is 1. The Hall–Kier alpha value is -2.33. The maximum atomic E-state index is 12.5. The van der Waals surface area contributed by atoms with Crippen LogP contribution in [0.5, 0.6) is 11.5 Å². The van der Waals surface area contributed by atoms with Crippen molar-refractivity contribution < 1.29 is 14.3 Å². The monoisotopic (exact) mass is 370 g/mol. The van der Waals surface area contributed by atoms with Gasteiger partial charge in [0.2, 0.25) is 0 Å². The number of carbonyl (C=O) groups is 1. The minimum atomic E-state index is -0.425. The van der Waals surface area contributed by atoms with Crippen molar-refractivity contribution in [3.63, 3.8) is 0 Å². The number of fused-ring (bicyclic) bond motifs is 1. The van der Waals surface area contributed by atoms with Crippen LogP contribution in [-0.2, 0) is 0 Å². The Kier molecular flexibility index (Phi) is 4.93. The molecule has 4 heteroatoms. The van der Waals surface area contributed by atoms with Crippen LogP contribution >= 0.6 is 15.9 Å². The lowest BCUT2D eigenvalue weighted by atomic mass is 10.1. The zero-order valence-electron chi connectivity index (χ0n) is 12.4. The van der Waals surface area contributed by atoms with Crippen molar-refractivity contribution in [2.75, 3.05) is 11.9 Å². The molecule has 3 aromatic rings. The number of halogens is 1. The molecule has 0 saturated carbocycles. The highest BCUT2D eigenvalue weighted by atomic mass is 79.9. The van der Waals surface area contributed by atoms with Crippen molar-refractivity contribution >= 4 is 32.7 Å². The van der Waals surface area contributed by atoms with Gasteiger partial charge in [-0.1, -0.05) is 58.4 Å². The first kappa shape index (κ1) is 15.6. The van der Waals surface area contributed by atoms with Crippen LogP contribution in [0, 0.1) is 0 Å². The predicted molar refractivity (Wildman–Crippen MR) is 94.6 cm³/mol. The van der Waals surface area contributed by atoms with Gasteiger partial charge in [0.1, 0.15) is 17.1 Å². The number of ether oxygens (including phenoxy) is 2. The molecule has 0 amide bonds. The van der Waals surface area contributed by atoms with Crippen LogP contribution in [0.4, 0.5) is 0 Å². The maximum absolute atomic E-state index is 12.5. The quantitative estimate of drug-likeness (QED) is 0.366. The third-order valence-electron chi connectivity index (χ3n) is 3.36. The van der Waals surface area contributed by atoms with Gasteiger partial charge in [-0.15, -0.1) is 0 Å². The third kappa shape index (κ3) is 3.71. The molecule has 116 valence electrons. The number of benzene rings is 3. The highest BCUT2D eigenvalue weighted by molar-refractivity contribution is 9.09. The zero-order chi connectivity index (χ0) is 16.1. The first-order valence-electron chi connectivity index (χ1n) is 7.27. The zero-order valence-corrected chi connectivity index (χ0v) is 14.0. The highest BCUT2D eigenvalue weighted by Gasteiger charge is 2.16. The lowest BCUT2D eigenvalue weighted by molar-refractivity contribution is 0.0731. The van der Waals surface area contributed by atoms with E-state index in [1.165, 1.54) is 0 Å². The van der Waals surface area contributed by atoms with Gasteiger partial charge in [0.05, 0.1) is 6.61 Å². The first-order valence-corrected chi connectivity index (χ1v) is 8.39. The second kappa shape index (κ2) is 7.29. The molecule has 0 saturated heterocycles. The van der Waals surface area contributed by atoms with Crippen molar-refractivity contribution in [3.8, 4) is 11.5 Å². The summed E-state index contributed by atoms with van der Waals surface area (Å²) < 4.78 is 11.1. The molecule has 0 heterocycles. The molecule has 0 bridgehead atoms. The molecule has 0 atom stereocenters. The molecule has 0 aliphatic heterocycles. The van der Waals surface area contributed by atoms with Gasteiger partial charge in [-0.25, -0.2) is 4.79 Å². The lowest BCUT2D eigenvalue weighted by Gasteiger charge is -2.12. The fraction of sp³-hybridized carbons (Fsp3) is 0.105. The molecule has 3 aromatic carbocycles. The van der Waals surface area contributed by atoms with Gasteiger partial charge in [-0.05, 0) is 35.0 Å². The number of carbonyl (C=O) groups excluding carboxylic acids is 1. The molecule has 0 unspecified atom stereocenters. The number of hydrogen-bond donors (Lipinski definition) is 0. The third-order valence-corrected chi connectivity index (χ3v) is 3.68. The molecule has 23 heavy (non-hydrogen) atoms. The number of esters is 1. The van der Waals surface area contributed by atoms with E-state index >= 15 is 0 Å². The van der Waals surface area contributed by atoms with Crippen molar-refractivity contribution in [1.82, 2.24) is 0 Å². The number of rotatable bonds is 5. The summed E-state index contributed by atoms with van der Waals surface area (Å²) >= 11 is 3.33. The first-order chi connectivity index (χ1) is 11.3. The highest BCUT2D eigenvalue weighted by Crippen LogP contribution is 2.27. The van der Waals surface area contributed by atoms with E-state index in [9.17, 15) is 4.79 Å². The Bertz CT molecular complexity index is 815. The van der Waals surface area contributed by atoms with Crippen molar-refractivity contribution in [3.05, 3.63) is 72.3 Å². The largest absolute Gasteiger partial charge is 0.492 e. The van der Waals surface area contributed by atoms with E-state index in [4.69, 9.17) is 9.47 Å². The van der Waals surface area contributed by atoms with Crippen LogP contribution in [0.3, 0.4) is 0 Å². The van der Waals surface area contributed by atoms with Gasteiger partial charge in [0, 0.05) is 5.33 Å². The van der Waals surface area contributed by atoms with Crippen LogP contribution in [0.2, 0.25) is 0 Å². The summed E-state index contributed by atoms with van der Waals surface area (Å²) in [7, 11) is 0. The fourth-order valence-corrected chi connectivity index (χ4v) is 2.46. The van der Waals surface area contributed by atoms with Gasteiger partial charge in [-0.3, -0.25) is 0 Å². The van der Waals surface area contributed by atoms with Crippen molar-refractivity contribution in [2.45, 2.75) is 0 Å². The smallest absolute Gasteiger partial charge is 0.347 e. The summed E-state index contributed by atoms with van der Waals surface area (Å²) in [6.45, 7) is 0.476. The summed E-state index contributed by atoms with van der Waals surface area (Å²) in [5.41, 5.74) is 0.425. The van der Waals surface area contributed by atoms with E-state index < -0.39 is 5.97 Å². The van der Waals surface area contributed by atoms with Crippen LogP contribution in [0.15, 0.2) is 66.7 Å². The van der Waals surface area contributed by atoms with E-state index in [-0.39, 0.29) is 0 Å². The van der Waals surface area contributed by atoms with Crippen molar-refractivity contribution in [2.24, 2.45) is 0 Å². The summed E-state index contributed by atoms with van der Waals surface area (Å²) in [6, 6.07) is 20.5. The van der Waals surface area contributed by atoms with Crippen LogP contribution in [0.25, 0.3) is 10.8 Å². The van der Waals surface area contributed by atoms with Crippen molar-refractivity contribution in [1.29, 1.82) is 0 Å². The Morgan fingerprint density at radius 3 is 2.26 bits per heavy atom. The Morgan fingerprint density at radius 2 is 1.57 bits per heavy atom. The minimum Gasteiger partial charge on any atom is -0.492 e. The van der Waals surface area contributed by atoms with E-state index in [2.05, 4.69) is 15.9 Å². The van der Waals surface area contributed by atoms with E-state index in [0.717, 1.165) is 10.8 Å². The minimum absolute atomic E-state index is 0.425. The normalized spacial score (nSPS) is 10.5. The summed E-state index contributed by atoms with van der Waals surface area (Å²) in [6.07, 6.45) is 0. The van der Waals surface area contributed by atoms with Crippen LogP contribution in [-0.4, -0.2) is 17.9 Å². The Balaban J connectivity index is 1.97. The van der Waals surface area contributed by atoms with E-state index in [0.29, 0.717) is 29.0 Å². The molecule has 0 radical (unpaired) electrons. The second-order valence-corrected chi connectivity index (χ2v) is 5.73. The average Bonchev–Trinajstić information content (AvgIpc) is 2.60. The molecule has 0 spiro atoms. The van der Waals surface area contributed by atoms with Crippen LogP contribution in [0.1, 0.15) is 10.4 Å². The van der Waals surface area contributed by atoms with E-state index in [1.54, 1.807) is 12.1 Å². The molecule has 3 rings (SSSR count). The summed E-state index contributed by atoms with van der Waals surface area (Å²) in [5, 5.41) is 2.68. The standard InChI is InChI=1S/C19H15BrO3/c20-10-11-22-18-13-15-7-5-4-6-14(15)12-17(18)19(21)23-16-8-2-1-3-9-16/h1-9,12-13H,10-11H2. The summed E-state index contributed by atoms with van der Waals surface area (Å²) in [4.78, 5) is 12.5. The molecule has 3 nitrogen and oxygen atoms in total. The Morgan fingerprint density at radius 1 is 0.913 bits per heavy atom. The van der Waals surface area contributed by atoms with E-state index in [1.807, 2.05) is 54.6 Å². The molecule has 0 fully saturated rings.